The van der Waals surface area contributed by atoms with E-state index in [1.165, 1.54) is 0 Å². The number of hydrogen-bond donors (Lipinski definition) is 1. The van der Waals surface area contributed by atoms with E-state index in [0.717, 1.165) is 6.92 Å². The van der Waals surface area contributed by atoms with E-state index in [4.69, 9.17) is 5.11 Å². The molecule has 1 N–H and O–H groups in total. The molecule has 2 atom stereocenters. The van der Waals surface area contributed by atoms with E-state index in [-0.39, 0.29) is 0 Å². The molecule has 8 heteroatoms. The quantitative estimate of drug-likeness (QED) is 0.765. The van der Waals surface area contributed by atoms with Crippen LogP contribution in [0.4, 0.5) is 26.3 Å². The van der Waals surface area contributed by atoms with Gasteiger partial charge in [-0.3, -0.25) is 4.79 Å². The lowest BCUT2D eigenvalue weighted by atomic mass is 9.99. The van der Waals surface area contributed by atoms with Gasteiger partial charge in [-0.1, -0.05) is 6.92 Å². The summed E-state index contributed by atoms with van der Waals surface area (Å²) in [4.78, 5) is 10.2. The number of carbonyl (C=O) groups is 1. The molecule has 1 rings (SSSR count). The second-order valence-electron chi connectivity index (χ2n) is 3.86. The van der Waals surface area contributed by atoms with E-state index in [0.29, 0.717) is 0 Å². The van der Waals surface area contributed by atoms with E-state index < -0.39 is 42.0 Å². The summed E-state index contributed by atoms with van der Waals surface area (Å²) >= 11 is 0. The summed E-state index contributed by atoms with van der Waals surface area (Å²) in [5.41, 5.74) is -3.85. The maximum Gasteiger partial charge on any atom is 0.403 e. The number of carboxylic acid groups (broad SMARTS) is 1. The van der Waals surface area contributed by atoms with E-state index in [2.05, 4.69) is 0 Å². The van der Waals surface area contributed by atoms with Crippen LogP contribution >= 0.6 is 0 Å². The predicted molar refractivity (Wildman–Crippen MR) is 39.4 cm³/mol. The molecule has 0 aliphatic heterocycles. The Labute approximate surface area is 86.2 Å². The van der Waals surface area contributed by atoms with Gasteiger partial charge in [-0.05, 0) is 11.8 Å². The lowest BCUT2D eigenvalue weighted by molar-refractivity contribution is -0.309. The van der Waals surface area contributed by atoms with Crippen molar-refractivity contribution in [3.63, 3.8) is 0 Å². The minimum absolute atomic E-state index is 0.772. The molecule has 1 saturated carbocycles. The van der Waals surface area contributed by atoms with Gasteiger partial charge in [0.15, 0.2) is 5.41 Å². The highest BCUT2D eigenvalue weighted by atomic mass is 19.4. The minimum atomic E-state index is -5.47. The third kappa shape index (κ3) is 1.54. The Kier molecular flexibility index (Phi) is 2.68. The molecule has 0 aromatic carbocycles. The number of rotatable bonds is 2. The zero-order valence-electron chi connectivity index (χ0n) is 7.99. The summed E-state index contributed by atoms with van der Waals surface area (Å²) in [6.07, 6.45) is -12.1. The van der Waals surface area contributed by atoms with Crippen molar-refractivity contribution in [2.24, 2.45) is 17.3 Å². The van der Waals surface area contributed by atoms with Crippen LogP contribution in [0.5, 0.6) is 0 Å². The van der Waals surface area contributed by atoms with Crippen LogP contribution in [0, 0.1) is 17.3 Å². The van der Waals surface area contributed by atoms with Gasteiger partial charge in [-0.25, -0.2) is 0 Å². The minimum Gasteiger partial charge on any atom is -0.481 e. The first-order chi connectivity index (χ1) is 6.96. The highest BCUT2D eigenvalue weighted by Crippen LogP contribution is 2.74. The molecule has 1 aliphatic rings. The van der Waals surface area contributed by atoms with Crippen LogP contribution in [-0.4, -0.2) is 23.4 Å². The van der Waals surface area contributed by atoms with Crippen LogP contribution < -0.4 is 0 Å². The van der Waals surface area contributed by atoms with Gasteiger partial charge in [0, 0.05) is 6.42 Å². The van der Waals surface area contributed by atoms with Crippen molar-refractivity contribution >= 4 is 5.97 Å². The fourth-order valence-corrected chi connectivity index (χ4v) is 2.27. The Morgan fingerprint density at radius 1 is 1.19 bits per heavy atom. The highest BCUT2D eigenvalue weighted by molar-refractivity contribution is 5.68. The van der Waals surface area contributed by atoms with Gasteiger partial charge in [0.1, 0.15) is 0 Å². The Morgan fingerprint density at radius 2 is 1.56 bits per heavy atom. The monoisotopic (exact) mass is 250 g/mol. The van der Waals surface area contributed by atoms with Crippen LogP contribution in [-0.2, 0) is 4.79 Å². The van der Waals surface area contributed by atoms with Crippen molar-refractivity contribution in [2.75, 3.05) is 0 Å². The van der Waals surface area contributed by atoms with Crippen molar-refractivity contribution in [1.29, 1.82) is 0 Å². The van der Waals surface area contributed by atoms with Crippen molar-refractivity contribution in [1.82, 2.24) is 0 Å². The molecular weight excluding hydrogens is 242 g/mol. The van der Waals surface area contributed by atoms with Crippen molar-refractivity contribution in [2.45, 2.75) is 25.7 Å². The number of carboxylic acids is 1. The summed E-state index contributed by atoms with van der Waals surface area (Å²) < 4.78 is 74.6. The summed E-state index contributed by atoms with van der Waals surface area (Å²) in [7, 11) is 0. The lowest BCUT2D eigenvalue weighted by Gasteiger charge is -2.24. The third-order valence-electron chi connectivity index (χ3n) is 3.13. The fourth-order valence-electron chi connectivity index (χ4n) is 2.27. The van der Waals surface area contributed by atoms with Crippen LogP contribution in [0.2, 0.25) is 0 Å². The predicted octanol–water partition coefficient (Wildman–Crippen LogP) is 2.84. The number of alkyl halides is 6. The van der Waals surface area contributed by atoms with Gasteiger partial charge < -0.3 is 5.11 Å². The average molecular weight is 250 g/mol. The zero-order chi connectivity index (χ0) is 12.9. The molecule has 0 spiro atoms. The topological polar surface area (TPSA) is 37.3 Å². The van der Waals surface area contributed by atoms with Crippen LogP contribution in [0.1, 0.15) is 13.3 Å². The maximum atomic E-state index is 12.4. The Bertz CT molecular complexity index is 291. The number of halogens is 6. The molecule has 2 nitrogen and oxygen atoms in total. The van der Waals surface area contributed by atoms with Gasteiger partial charge >= 0.3 is 18.3 Å². The molecule has 1 aliphatic carbocycles. The second-order valence-corrected chi connectivity index (χ2v) is 3.86. The Morgan fingerprint density at radius 3 is 1.75 bits per heavy atom. The Hall–Kier alpha value is -0.950. The molecule has 2 unspecified atom stereocenters. The SMILES string of the molecule is CC1C(CC(=O)O)C1(C(F)(F)F)C(F)(F)F. The zero-order valence-corrected chi connectivity index (χ0v) is 7.99. The third-order valence-corrected chi connectivity index (χ3v) is 3.13. The van der Waals surface area contributed by atoms with Gasteiger partial charge in [-0.15, -0.1) is 0 Å². The first-order valence-electron chi connectivity index (χ1n) is 4.31. The standard InChI is InChI=1S/C8H8F6O2/c1-3-4(2-5(15)16)6(3,7(9,10)11)8(12,13)14/h3-4H,2H2,1H3,(H,15,16). The average Bonchev–Trinajstić information content (AvgIpc) is 2.52. The Balaban J connectivity index is 3.08. The normalized spacial score (nSPS) is 28.9. The number of hydrogen-bond acceptors (Lipinski definition) is 1. The van der Waals surface area contributed by atoms with Crippen molar-refractivity contribution in [3.8, 4) is 0 Å². The molecule has 1 fully saturated rings. The van der Waals surface area contributed by atoms with Crippen LogP contribution in [0.15, 0.2) is 0 Å². The number of aliphatic carboxylic acids is 1. The van der Waals surface area contributed by atoms with E-state index in [1.54, 1.807) is 0 Å². The molecule has 0 bridgehead atoms. The molecule has 0 saturated heterocycles. The summed E-state index contributed by atoms with van der Waals surface area (Å²) in [6.45, 7) is 0.772. The molecular formula is C8H8F6O2. The van der Waals surface area contributed by atoms with Crippen molar-refractivity contribution in [3.05, 3.63) is 0 Å². The molecule has 0 radical (unpaired) electrons. The maximum absolute atomic E-state index is 12.4. The summed E-state index contributed by atoms with van der Waals surface area (Å²) in [5, 5.41) is 8.27. The largest absolute Gasteiger partial charge is 0.481 e. The summed E-state index contributed by atoms with van der Waals surface area (Å²) in [5.74, 6) is -5.33. The molecule has 0 amide bonds. The second kappa shape index (κ2) is 3.27. The fraction of sp³-hybridized carbons (Fsp3) is 0.875. The van der Waals surface area contributed by atoms with Crippen LogP contribution in [0.3, 0.4) is 0 Å². The molecule has 0 aromatic rings. The first kappa shape index (κ1) is 13.1. The first-order valence-corrected chi connectivity index (χ1v) is 4.31. The van der Waals surface area contributed by atoms with E-state index in [1.807, 2.05) is 0 Å². The van der Waals surface area contributed by atoms with Gasteiger partial charge in [0.2, 0.25) is 0 Å². The van der Waals surface area contributed by atoms with Gasteiger partial charge in [0.25, 0.3) is 0 Å². The van der Waals surface area contributed by atoms with Gasteiger partial charge in [-0.2, -0.15) is 26.3 Å². The summed E-state index contributed by atoms with van der Waals surface area (Å²) in [6, 6.07) is 0. The smallest absolute Gasteiger partial charge is 0.403 e. The molecule has 0 heterocycles. The van der Waals surface area contributed by atoms with Crippen molar-refractivity contribution < 1.29 is 36.2 Å². The van der Waals surface area contributed by atoms with Gasteiger partial charge in [0.05, 0.1) is 0 Å². The molecule has 16 heavy (non-hydrogen) atoms. The lowest BCUT2D eigenvalue weighted by Crippen LogP contribution is -2.41. The van der Waals surface area contributed by atoms with Crippen LogP contribution in [0.25, 0.3) is 0 Å². The van der Waals surface area contributed by atoms with E-state index >= 15 is 0 Å². The highest BCUT2D eigenvalue weighted by Gasteiger charge is 2.87. The molecule has 94 valence electrons. The van der Waals surface area contributed by atoms with E-state index in [9.17, 15) is 31.1 Å². The molecule has 0 aromatic heterocycles.